The molecule has 0 fully saturated rings. The summed E-state index contributed by atoms with van der Waals surface area (Å²) < 4.78 is 42.5. The lowest BCUT2D eigenvalue weighted by atomic mass is 10.2. The van der Waals surface area contributed by atoms with E-state index in [1.165, 1.54) is 4.31 Å². The monoisotopic (exact) mass is 498 g/mol. The van der Waals surface area contributed by atoms with E-state index in [0.717, 1.165) is 6.26 Å². The zero-order chi connectivity index (χ0) is 25.1. The van der Waals surface area contributed by atoms with Gasteiger partial charge in [0.05, 0.1) is 25.6 Å². The molecule has 0 unspecified atom stereocenters. The van der Waals surface area contributed by atoms with Crippen LogP contribution in [0.4, 0.5) is 5.69 Å². The molecule has 186 valence electrons. The predicted molar refractivity (Wildman–Crippen MR) is 136 cm³/mol. The van der Waals surface area contributed by atoms with E-state index < -0.39 is 10.0 Å². The summed E-state index contributed by atoms with van der Waals surface area (Å²) >= 11 is 0. The van der Waals surface area contributed by atoms with Crippen LogP contribution in [0.25, 0.3) is 0 Å². The third-order valence-corrected chi connectivity index (χ3v) is 6.20. The van der Waals surface area contributed by atoms with Crippen LogP contribution in [0.5, 0.6) is 23.0 Å². The number of rotatable bonds is 13. The van der Waals surface area contributed by atoms with Gasteiger partial charge in [-0.1, -0.05) is 24.3 Å². The zero-order valence-electron chi connectivity index (χ0n) is 19.8. The summed E-state index contributed by atoms with van der Waals surface area (Å²) in [6.07, 6.45) is 1.72. The van der Waals surface area contributed by atoms with Crippen molar-refractivity contribution in [3.8, 4) is 23.0 Å². The minimum Gasteiger partial charge on any atom is -0.497 e. The molecule has 3 aromatic rings. The van der Waals surface area contributed by atoms with Gasteiger partial charge < -0.3 is 19.5 Å². The number of methoxy groups -OCH3 is 1. The maximum Gasteiger partial charge on any atom is 0.232 e. The van der Waals surface area contributed by atoms with Crippen molar-refractivity contribution in [2.75, 3.05) is 37.4 Å². The summed E-state index contributed by atoms with van der Waals surface area (Å²) in [5.41, 5.74) is 0.514. The summed E-state index contributed by atoms with van der Waals surface area (Å²) in [6.45, 7) is 0.839. The largest absolute Gasteiger partial charge is 0.497 e. The van der Waals surface area contributed by atoms with Crippen molar-refractivity contribution >= 4 is 21.6 Å². The SMILES string of the molecule is COc1cccc(OCCNC(=O)CCCN(c2ccc(Oc3ccccc3)cc2)S(C)(=O)=O)c1. The van der Waals surface area contributed by atoms with Gasteiger partial charge in [-0.05, 0) is 55.0 Å². The third-order valence-electron chi connectivity index (χ3n) is 5.00. The number of nitrogens with one attached hydrogen (secondary N) is 1. The van der Waals surface area contributed by atoms with Crippen molar-refractivity contribution in [2.24, 2.45) is 0 Å². The van der Waals surface area contributed by atoms with E-state index in [1.54, 1.807) is 37.4 Å². The Hall–Kier alpha value is -3.72. The highest BCUT2D eigenvalue weighted by atomic mass is 32.2. The molecule has 0 aromatic heterocycles. The van der Waals surface area contributed by atoms with Crippen LogP contribution in [0, 0.1) is 0 Å². The van der Waals surface area contributed by atoms with Crippen LogP contribution < -0.4 is 23.8 Å². The molecule has 1 N–H and O–H groups in total. The Balaban J connectivity index is 1.44. The topological polar surface area (TPSA) is 94.2 Å². The Morgan fingerprint density at radius 1 is 0.886 bits per heavy atom. The van der Waals surface area contributed by atoms with E-state index in [2.05, 4.69) is 5.32 Å². The minimum atomic E-state index is -3.51. The van der Waals surface area contributed by atoms with Crippen LogP contribution in [0.2, 0.25) is 0 Å². The molecule has 8 nitrogen and oxygen atoms in total. The lowest BCUT2D eigenvalue weighted by Gasteiger charge is -2.22. The number of hydrogen-bond acceptors (Lipinski definition) is 6. The molecular weight excluding hydrogens is 468 g/mol. The van der Waals surface area contributed by atoms with Gasteiger partial charge in [0, 0.05) is 19.0 Å². The highest BCUT2D eigenvalue weighted by Gasteiger charge is 2.17. The third kappa shape index (κ3) is 8.53. The van der Waals surface area contributed by atoms with E-state index in [4.69, 9.17) is 14.2 Å². The van der Waals surface area contributed by atoms with E-state index in [-0.39, 0.29) is 18.9 Å². The summed E-state index contributed by atoms with van der Waals surface area (Å²) in [7, 11) is -1.93. The first kappa shape index (κ1) is 25.9. The normalized spacial score (nSPS) is 10.9. The number of ether oxygens (including phenoxy) is 3. The van der Waals surface area contributed by atoms with Crippen LogP contribution in [0.3, 0.4) is 0 Å². The summed E-state index contributed by atoms with van der Waals surface area (Å²) in [6, 6.07) is 23.4. The summed E-state index contributed by atoms with van der Waals surface area (Å²) in [4.78, 5) is 12.2. The number of hydrogen-bond donors (Lipinski definition) is 1. The maximum atomic E-state index is 12.3. The molecule has 3 aromatic carbocycles. The number of sulfonamides is 1. The number of nitrogens with zero attached hydrogens (tertiary/aromatic N) is 1. The van der Waals surface area contributed by atoms with E-state index in [1.807, 2.05) is 48.5 Å². The van der Waals surface area contributed by atoms with Gasteiger partial charge in [-0.2, -0.15) is 0 Å². The average Bonchev–Trinajstić information content (AvgIpc) is 2.85. The Morgan fingerprint density at radius 3 is 2.23 bits per heavy atom. The standard InChI is InChI=1S/C26H30N2O6S/c1-32-24-10-6-11-25(20-24)33-19-17-27-26(29)12-7-18-28(35(2,30)31)21-13-15-23(16-14-21)34-22-8-4-3-5-9-22/h3-6,8-11,13-16,20H,7,12,17-19H2,1-2H3,(H,27,29). The van der Waals surface area contributed by atoms with Gasteiger partial charge in [0.15, 0.2) is 0 Å². The van der Waals surface area contributed by atoms with Crippen LogP contribution >= 0.6 is 0 Å². The molecule has 0 aliphatic carbocycles. The molecule has 9 heteroatoms. The second-order valence-corrected chi connectivity index (χ2v) is 9.63. The van der Waals surface area contributed by atoms with Crippen molar-refractivity contribution in [2.45, 2.75) is 12.8 Å². The van der Waals surface area contributed by atoms with Gasteiger partial charge in [0.2, 0.25) is 15.9 Å². The molecule has 35 heavy (non-hydrogen) atoms. The molecule has 3 rings (SSSR count). The van der Waals surface area contributed by atoms with Gasteiger partial charge in [-0.3, -0.25) is 9.10 Å². The average molecular weight is 499 g/mol. The summed E-state index contributed by atoms with van der Waals surface area (Å²) in [5, 5.41) is 2.78. The maximum absolute atomic E-state index is 12.3. The number of benzene rings is 3. The molecule has 0 saturated heterocycles. The predicted octanol–water partition coefficient (Wildman–Crippen LogP) is 4.23. The quantitative estimate of drug-likeness (QED) is 0.355. The molecule has 0 spiro atoms. The van der Waals surface area contributed by atoms with Gasteiger partial charge in [0.25, 0.3) is 0 Å². The zero-order valence-corrected chi connectivity index (χ0v) is 20.7. The lowest BCUT2D eigenvalue weighted by molar-refractivity contribution is -0.121. The van der Waals surface area contributed by atoms with Crippen LogP contribution in [0.15, 0.2) is 78.9 Å². The molecule has 0 aliphatic heterocycles. The minimum absolute atomic E-state index is 0.167. The molecule has 0 radical (unpaired) electrons. The Bertz CT molecular complexity index is 1180. The molecule has 0 aliphatic rings. The second-order valence-electron chi connectivity index (χ2n) is 7.73. The van der Waals surface area contributed by atoms with Crippen molar-refractivity contribution < 1.29 is 27.4 Å². The lowest BCUT2D eigenvalue weighted by Crippen LogP contribution is -2.32. The van der Waals surface area contributed by atoms with E-state index in [0.29, 0.717) is 48.3 Å². The Morgan fingerprint density at radius 2 is 1.54 bits per heavy atom. The number of anilines is 1. The molecule has 1 amide bonds. The van der Waals surface area contributed by atoms with Crippen LogP contribution in [-0.4, -0.2) is 47.4 Å². The van der Waals surface area contributed by atoms with Gasteiger partial charge >= 0.3 is 0 Å². The molecular formula is C26H30N2O6S. The first-order valence-electron chi connectivity index (χ1n) is 11.2. The van der Waals surface area contributed by atoms with Gasteiger partial charge in [0.1, 0.15) is 29.6 Å². The fraction of sp³-hybridized carbons (Fsp3) is 0.269. The highest BCUT2D eigenvalue weighted by Crippen LogP contribution is 2.25. The van der Waals surface area contributed by atoms with Crippen molar-refractivity contribution in [1.29, 1.82) is 0 Å². The number of carbonyl (C=O) groups is 1. The fourth-order valence-electron chi connectivity index (χ4n) is 3.31. The van der Waals surface area contributed by atoms with Gasteiger partial charge in [-0.15, -0.1) is 0 Å². The van der Waals surface area contributed by atoms with E-state index in [9.17, 15) is 13.2 Å². The fourth-order valence-corrected chi connectivity index (χ4v) is 4.28. The first-order chi connectivity index (χ1) is 16.8. The first-order valence-corrected chi connectivity index (χ1v) is 13.0. The van der Waals surface area contributed by atoms with Crippen molar-refractivity contribution in [3.63, 3.8) is 0 Å². The van der Waals surface area contributed by atoms with Crippen LogP contribution in [-0.2, 0) is 14.8 Å². The highest BCUT2D eigenvalue weighted by molar-refractivity contribution is 7.92. The van der Waals surface area contributed by atoms with Crippen molar-refractivity contribution in [1.82, 2.24) is 5.32 Å². The Labute approximate surface area is 206 Å². The van der Waals surface area contributed by atoms with Crippen molar-refractivity contribution in [3.05, 3.63) is 78.9 Å². The second kappa shape index (κ2) is 12.7. The van der Waals surface area contributed by atoms with E-state index >= 15 is 0 Å². The molecule has 0 heterocycles. The Kier molecular flexibility index (Phi) is 9.37. The summed E-state index contributed by atoms with van der Waals surface area (Å²) in [5.74, 6) is 2.48. The molecule has 0 atom stereocenters. The number of para-hydroxylation sites is 1. The molecule has 0 bridgehead atoms. The number of amides is 1. The molecule has 0 saturated carbocycles. The number of carbonyl (C=O) groups excluding carboxylic acids is 1. The smallest absolute Gasteiger partial charge is 0.232 e. The van der Waals surface area contributed by atoms with Crippen LogP contribution in [0.1, 0.15) is 12.8 Å². The van der Waals surface area contributed by atoms with Gasteiger partial charge in [-0.25, -0.2) is 8.42 Å².